The molecule has 1 fully saturated rings. The second-order valence-electron chi connectivity index (χ2n) is 6.90. The molecule has 0 aromatic carbocycles. The van der Waals surface area contributed by atoms with Gasteiger partial charge in [0.15, 0.2) is 0 Å². The molecule has 1 saturated heterocycles. The van der Waals surface area contributed by atoms with E-state index in [9.17, 15) is 14.0 Å². The van der Waals surface area contributed by atoms with Crippen LogP contribution in [0.15, 0.2) is 18.5 Å². The lowest BCUT2D eigenvalue weighted by atomic mass is 10.0. The maximum Gasteiger partial charge on any atom is 0.252 e. The molecule has 1 aliphatic rings. The van der Waals surface area contributed by atoms with Crippen molar-refractivity contribution >= 4 is 28.7 Å². The van der Waals surface area contributed by atoms with Crippen LogP contribution in [0.4, 0.5) is 15.8 Å². The normalized spacial score (nSPS) is 16.5. The van der Waals surface area contributed by atoms with Crippen LogP contribution in [0.25, 0.3) is 5.52 Å². The summed E-state index contributed by atoms with van der Waals surface area (Å²) >= 11 is 0. The molecule has 25 heavy (non-hydrogen) atoms. The number of carbonyl (C=O) groups is 2. The van der Waals surface area contributed by atoms with Crippen molar-refractivity contribution < 1.29 is 14.0 Å². The zero-order valence-electron chi connectivity index (χ0n) is 14.5. The predicted molar refractivity (Wildman–Crippen MR) is 93.6 cm³/mol. The summed E-state index contributed by atoms with van der Waals surface area (Å²) in [6.45, 7) is 5.25. The summed E-state index contributed by atoms with van der Waals surface area (Å²) in [7, 11) is 0. The Morgan fingerprint density at radius 2 is 2.20 bits per heavy atom. The smallest absolute Gasteiger partial charge is 0.252 e. The molecule has 1 atom stereocenters. The van der Waals surface area contributed by atoms with Crippen molar-refractivity contribution in [1.82, 2.24) is 9.61 Å². The monoisotopic (exact) mass is 347 g/mol. The van der Waals surface area contributed by atoms with Gasteiger partial charge in [0, 0.05) is 13.0 Å². The number of nitrogens with one attached hydrogen (secondary N) is 1. The van der Waals surface area contributed by atoms with Gasteiger partial charge in [-0.2, -0.15) is 5.10 Å². The number of fused-ring (bicyclic) bond motifs is 1. The largest absolute Gasteiger partial charge is 0.377 e. The maximum atomic E-state index is 14.2. The minimum atomic E-state index is -1.50. The number of anilines is 2. The van der Waals surface area contributed by atoms with E-state index in [1.165, 1.54) is 20.0 Å². The lowest BCUT2D eigenvalue weighted by molar-refractivity contribution is -0.117. The number of aromatic nitrogens is 2. The fourth-order valence-electron chi connectivity index (χ4n) is 2.84. The molecule has 134 valence electrons. The number of amides is 2. The summed E-state index contributed by atoms with van der Waals surface area (Å²) in [5, 5.41) is 7.24. The number of carbonyl (C=O) groups excluding carboxylic acids is 2. The maximum absolute atomic E-state index is 14.2. The molecule has 2 aromatic heterocycles. The van der Waals surface area contributed by atoms with Crippen molar-refractivity contribution in [1.29, 1.82) is 0 Å². The molecule has 2 aromatic rings. The Balaban J connectivity index is 2.10. The van der Waals surface area contributed by atoms with Crippen molar-refractivity contribution in [3.63, 3.8) is 0 Å². The summed E-state index contributed by atoms with van der Waals surface area (Å²) in [6.07, 6.45) is 4.40. The zero-order valence-corrected chi connectivity index (χ0v) is 14.5. The fourth-order valence-corrected chi connectivity index (χ4v) is 2.84. The standard InChI is InChI=1S/C17H22FN5O2/c1-10(17(2,3)18)21-15-12(16(19)25)8-20-23-9-11(7-13(15)23)22-6-4-5-14(22)24/h7-10,21H,4-6H2,1-3H3,(H2,19,25). The Morgan fingerprint density at radius 1 is 1.48 bits per heavy atom. The minimum absolute atomic E-state index is 0.0544. The van der Waals surface area contributed by atoms with Crippen LogP contribution in [0.5, 0.6) is 0 Å². The fraction of sp³-hybridized carbons (Fsp3) is 0.471. The first-order valence-corrected chi connectivity index (χ1v) is 8.25. The van der Waals surface area contributed by atoms with Crippen molar-refractivity contribution in [2.24, 2.45) is 5.73 Å². The number of halogens is 1. The average molecular weight is 347 g/mol. The molecular weight excluding hydrogens is 325 g/mol. The first-order valence-electron chi connectivity index (χ1n) is 8.25. The second kappa shape index (κ2) is 6.02. The summed E-state index contributed by atoms with van der Waals surface area (Å²) in [4.78, 5) is 25.4. The number of alkyl halides is 1. The Kier molecular flexibility index (Phi) is 4.14. The summed E-state index contributed by atoms with van der Waals surface area (Å²) < 4.78 is 15.8. The van der Waals surface area contributed by atoms with E-state index in [4.69, 9.17) is 5.73 Å². The topological polar surface area (TPSA) is 92.7 Å². The predicted octanol–water partition coefficient (Wildman–Crippen LogP) is 2.11. The lowest BCUT2D eigenvalue weighted by Crippen LogP contribution is -2.36. The van der Waals surface area contributed by atoms with Gasteiger partial charge in [-0.3, -0.25) is 9.59 Å². The summed E-state index contributed by atoms with van der Waals surface area (Å²) in [6, 6.07) is 1.20. The molecule has 2 amide bonds. The van der Waals surface area contributed by atoms with E-state index in [1.807, 2.05) is 0 Å². The van der Waals surface area contributed by atoms with E-state index in [0.29, 0.717) is 29.9 Å². The highest BCUT2D eigenvalue weighted by Gasteiger charge is 2.28. The van der Waals surface area contributed by atoms with E-state index in [2.05, 4.69) is 10.4 Å². The van der Waals surface area contributed by atoms with E-state index >= 15 is 0 Å². The molecule has 0 aliphatic carbocycles. The van der Waals surface area contributed by atoms with E-state index < -0.39 is 17.6 Å². The van der Waals surface area contributed by atoms with Crippen LogP contribution >= 0.6 is 0 Å². The third-order valence-electron chi connectivity index (χ3n) is 4.66. The van der Waals surface area contributed by atoms with Crippen LogP contribution in [0.1, 0.15) is 44.0 Å². The van der Waals surface area contributed by atoms with Gasteiger partial charge >= 0.3 is 0 Å². The SMILES string of the molecule is CC(Nc1c(C(N)=O)cnn2cc(N3CCCC3=O)cc12)C(C)(C)F. The number of primary amides is 1. The van der Waals surface area contributed by atoms with Gasteiger partial charge in [-0.15, -0.1) is 0 Å². The molecule has 3 rings (SSSR count). The second-order valence-corrected chi connectivity index (χ2v) is 6.90. The van der Waals surface area contributed by atoms with Crippen LogP contribution in [0.3, 0.4) is 0 Å². The van der Waals surface area contributed by atoms with Crippen molar-refractivity contribution in [3.05, 3.63) is 24.0 Å². The van der Waals surface area contributed by atoms with Crippen molar-refractivity contribution in [2.75, 3.05) is 16.8 Å². The van der Waals surface area contributed by atoms with Gasteiger partial charge in [0.2, 0.25) is 5.91 Å². The van der Waals surface area contributed by atoms with Gasteiger partial charge in [-0.1, -0.05) is 0 Å². The molecule has 3 heterocycles. The highest BCUT2D eigenvalue weighted by molar-refractivity contribution is 6.03. The molecule has 0 radical (unpaired) electrons. The summed E-state index contributed by atoms with van der Waals surface area (Å²) in [5.74, 6) is -0.597. The quantitative estimate of drug-likeness (QED) is 0.866. The van der Waals surface area contributed by atoms with Gasteiger partial charge < -0.3 is 16.0 Å². The number of nitrogens with two attached hydrogens (primary N) is 1. The molecule has 0 spiro atoms. The van der Waals surface area contributed by atoms with E-state index in [-0.39, 0.29) is 11.5 Å². The molecule has 0 saturated carbocycles. The number of hydrogen-bond donors (Lipinski definition) is 2. The third-order valence-corrected chi connectivity index (χ3v) is 4.66. The molecule has 1 unspecified atom stereocenters. The van der Waals surface area contributed by atoms with Crippen LogP contribution in [-0.2, 0) is 4.79 Å². The van der Waals surface area contributed by atoms with Gasteiger partial charge in [-0.05, 0) is 33.3 Å². The molecule has 0 bridgehead atoms. The van der Waals surface area contributed by atoms with Crippen LogP contribution < -0.4 is 16.0 Å². The Hall–Kier alpha value is -2.64. The summed E-state index contributed by atoms with van der Waals surface area (Å²) in [5.41, 5.74) is 5.82. The third kappa shape index (κ3) is 3.16. The molecule has 1 aliphatic heterocycles. The first kappa shape index (κ1) is 17.2. The Labute approximate surface area is 145 Å². The minimum Gasteiger partial charge on any atom is -0.377 e. The van der Waals surface area contributed by atoms with Crippen LogP contribution in [-0.4, -0.2) is 39.7 Å². The van der Waals surface area contributed by atoms with Crippen LogP contribution in [0.2, 0.25) is 0 Å². The molecule has 7 nitrogen and oxygen atoms in total. The highest BCUT2D eigenvalue weighted by Crippen LogP contribution is 2.31. The Bertz CT molecular complexity index is 839. The number of hydrogen-bond acceptors (Lipinski definition) is 4. The first-order chi connectivity index (χ1) is 11.7. The zero-order chi connectivity index (χ0) is 18.4. The molecule has 3 N–H and O–H groups in total. The van der Waals surface area contributed by atoms with E-state index in [0.717, 1.165) is 6.42 Å². The van der Waals surface area contributed by atoms with Gasteiger partial charge in [0.1, 0.15) is 5.67 Å². The number of nitrogens with zero attached hydrogens (tertiary/aromatic N) is 3. The van der Waals surface area contributed by atoms with E-state index in [1.54, 1.807) is 28.6 Å². The van der Waals surface area contributed by atoms with Crippen molar-refractivity contribution in [2.45, 2.75) is 45.3 Å². The lowest BCUT2D eigenvalue weighted by Gasteiger charge is -2.26. The van der Waals surface area contributed by atoms with Crippen molar-refractivity contribution in [3.8, 4) is 0 Å². The van der Waals surface area contributed by atoms with Gasteiger partial charge in [-0.25, -0.2) is 8.91 Å². The average Bonchev–Trinajstić information content (AvgIpc) is 3.11. The number of rotatable bonds is 5. The highest BCUT2D eigenvalue weighted by atomic mass is 19.1. The molecule has 8 heteroatoms. The Morgan fingerprint density at radius 3 is 2.76 bits per heavy atom. The molecular formula is C17H22FN5O2. The van der Waals surface area contributed by atoms with Crippen LogP contribution in [0, 0.1) is 0 Å². The van der Waals surface area contributed by atoms with Gasteiger partial charge in [0.05, 0.1) is 40.9 Å². The van der Waals surface area contributed by atoms with Gasteiger partial charge in [0.25, 0.3) is 5.91 Å².